The van der Waals surface area contributed by atoms with Crippen molar-refractivity contribution < 1.29 is 9.21 Å². The summed E-state index contributed by atoms with van der Waals surface area (Å²) in [7, 11) is 0. The second-order valence-corrected chi connectivity index (χ2v) is 8.10. The number of carbonyl (C=O) groups excluding carboxylic acids is 1. The molecule has 0 saturated carbocycles. The van der Waals surface area contributed by atoms with Crippen LogP contribution in [0.25, 0.3) is 11.5 Å². The van der Waals surface area contributed by atoms with Gasteiger partial charge in [0, 0.05) is 38.3 Å². The van der Waals surface area contributed by atoms with Gasteiger partial charge in [0.2, 0.25) is 11.8 Å². The van der Waals surface area contributed by atoms with Gasteiger partial charge in [-0.3, -0.25) is 9.69 Å². The Labute approximate surface area is 174 Å². The SMILES string of the molecule is Cc1cccc(CN2CCN(C(=O)CSc3nnc(-c4ccccc4)o3)CC2)c1. The number of piperazine rings is 1. The lowest BCUT2D eigenvalue weighted by molar-refractivity contribution is -0.130. The summed E-state index contributed by atoms with van der Waals surface area (Å²) in [4.78, 5) is 16.9. The predicted molar refractivity (Wildman–Crippen MR) is 113 cm³/mol. The highest BCUT2D eigenvalue weighted by Crippen LogP contribution is 2.23. The Kier molecular flexibility index (Phi) is 6.27. The zero-order valence-corrected chi connectivity index (χ0v) is 17.3. The van der Waals surface area contributed by atoms with Crippen LogP contribution in [0, 0.1) is 6.92 Å². The highest BCUT2D eigenvalue weighted by Gasteiger charge is 2.22. The molecule has 29 heavy (non-hydrogen) atoms. The molecule has 6 nitrogen and oxygen atoms in total. The first-order valence-corrected chi connectivity index (χ1v) is 10.7. The smallest absolute Gasteiger partial charge is 0.277 e. The maximum Gasteiger partial charge on any atom is 0.277 e. The normalized spacial score (nSPS) is 14.9. The van der Waals surface area contributed by atoms with Crippen molar-refractivity contribution in [2.45, 2.75) is 18.7 Å². The van der Waals surface area contributed by atoms with Gasteiger partial charge in [-0.05, 0) is 24.6 Å². The minimum atomic E-state index is 0.115. The van der Waals surface area contributed by atoms with E-state index in [4.69, 9.17) is 4.42 Å². The van der Waals surface area contributed by atoms with Crippen molar-refractivity contribution in [3.8, 4) is 11.5 Å². The van der Waals surface area contributed by atoms with Gasteiger partial charge in [0.25, 0.3) is 5.22 Å². The van der Waals surface area contributed by atoms with Crippen molar-refractivity contribution in [2.75, 3.05) is 31.9 Å². The molecule has 150 valence electrons. The summed E-state index contributed by atoms with van der Waals surface area (Å²) in [6.45, 7) is 6.34. The molecule has 0 N–H and O–H groups in total. The maximum absolute atomic E-state index is 12.6. The van der Waals surface area contributed by atoms with Gasteiger partial charge in [0.1, 0.15) is 0 Å². The monoisotopic (exact) mass is 408 g/mol. The molecule has 1 amide bonds. The standard InChI is InChI=1S/C22H24N4O2S/c1-17-6-5-7-18(14-17)15-25-10-12-26(13-11-25)20(27)16-29-22-24-23-21(28-22)19-8-3-2-4-9-19/h2-9,14H,10-13,15-16H2,1H3. The van der Waals surface area contributed by atoms with Crippen molar-refractivity contribution in [3.05, 3.63) is 65.7 Å². The van der Waals surface area contributed by atoms with E-state index < -0.39 is 0 Å². The van der Waals surface area contributed by atoms with Crippen molar-refractivity contribution in [2.24, 2.45) is 0 Å². The van der Waals surface area contributed by atoms with Crippen LogP contribution in [0.3, 0.4) is 0 Å². The maximum atomic E-state index is 12.6. The highest BCUT2D eigenvalue weighted by molar-refractivity contribution is 7.99. The van der Waals surface area contributed by atoms with Gasteiger partial charge in [-0.25, -0.2) is 0 Å². The van der Waals surface area contributed by atoms with E-state index in [1.807, 2.05) is 35.2 Å². The van der Waals surface area contributed by atoms with Crippen molar-refractivity contribution in [1.82, 2.24) is 20.0 Å². The number of nitrogens with zero attached hydrogens (tertiary/aromatic N) is 4. The van der Waals surface area contributed by atoms with Crippen LogP contribution in [0.4, 0.5) is 0 Å². The first kappa shape index (κ1) is 19.7. The molecular formula is C22H24N4O2S. The molecule has 0 spiro atoms. The Morgan fingerprint density at radius 2 is 1.83 bits per heavy atom. The molecule has 4 rings (SSSR count). The number of amides is 1. The number of hydrogen-bond acceptors (Lipinski definition) is 6. The minimum Gasteiger partial charge on any atom is -0.411 e. The molecule has 0 bridgehead atoms. The topological polar surface area (TPSA) is 62.5 Å². The summed E-state index contributed by atoms with van der Waals surface area (Å²) in [5.74, 6) is 0.906. The highest BCUT2D eigenvalue weighted by atomic mass is 32.2. The van der Waals surface area contributed by atoms with E-state index in [-0.39, 0.29) is 5.91 Å². The molecule has 0 unspecified atom stereocenters. The second-order valence-electron chi connectivity index (χ2n) is 7.17. The van der Waals surface area contributed by atoms with E-state index >= 15 is 0 Å². The fourth-order valence-electron chi connectivity index (χ4n) is 3.40. The van der Waals surface area contributed by atoms with Crippen molar-refractivity contribution in [1.29, 1.82) is 0 Å². The van der Waals surface area contributed by atoms with E-state index in [0.717, 1.165) is 38.3 Å². The fourth-order valence-corrected chi connectivity index (χ4v) is 4.07. The van der Waals surface area contributed by atoms with E-state index in [1.54, 1.807) is 0 Å². The summed E-state index contributed by atoms with van der Waals surface area (Å²) in [5, 5.41) is 8.53. The quantitative estimate of drug-likeness (QED) is 0.582. The van der Waals surface area contributed by atoms with Gasteiger partial charge >= 0.3 is 0 Å². The first-order chi connectivity index (χ1) is 14.2. The van der Waals surface area contributed by atoms with Gasteiger partial charge < -0.3 is 9.32 Å². The molecule has 0 aliphatic carbocycles. The summed E-state index contributed by atoms with van der Waals surface area (Å²) < 4.78 is 5.66. The van der Waals surface area contributed by atoms with Crippen LogP contribution in [0.1, 0.15) is 11.1 Å². The molecule has 7 heteroatoms. The van der Waals surface area contributed by atoms with E-state index in [1.165, 1.54) is 22.9 Å². The third-order valence-electron chi connectivity index (χ3n) is 4.96. The molecule has 0 atom stereocenters. The van der Waals surface area contributed by atoms with Gasteiger partial charge in [0.05, 0.1) is 5.75 Å². The molecule has 1 fully saturated rings. The fraction of sp³-hybridized carbons (Fsp3) is 0.318. The third kappa shape index (κ3) is 5.25. The number of thioether (sulfide) groups is 1. The van der Waals surface area contributed by atoms with Crippen molar-refractivity contribution >= 4 is 17.7 Å². The van der Waals surface area contributed by atoms with Crippen molar-refractivity contribution in [3.63, 3.8) is 0 Å². The Morgan fingerprint density at radius 1 is 1.03 bits per heavy atom. The molecule has 0 radical (unpaired) electrons. The van der Waals surface area contributed by atoms with E-state index in [2.05, 4.69) is 46.3 Å². The van der Waals surface area contributed by atoms with Crippen LogP contribution in [-0.4, -0.2) is 57.8 Å². The van der Waals surface area contributed by atoms with E-state index in [0.29, 0.717) is 16.9 Å². The molecule has 2 aromatic carbocycles. The molecule has 1 aromatic heterocycles. The molecule has 1 saturated heterocycles. The molecule has 1 aliphatic rings. The Balaban J connectivity index is 1.24. The molecule has 3 aromatic rings. The average molecular weight is 409 g/mol. The van der Waals surface area contributed by atoms with Crippen LogP contribution in [0.2, 0.25) is 0 Å². The van der Waals surface area contributed by atoms with Gasteiger partial charge in [-0.15, -0.1) is 10.2 Å². The van der Waals surface area contributed by atoms with Gasteiger partial charge in [-0.1, -0.05) is 59.8 Å². The largest absolute Gasteiger partial charge is 0.411 e. The summed E-state index contributed by atoms with van der Waals surface area (Å²) in [5.41, 5.74) is 3.48. The Bertz CT molecular complexity index is 952. The Hall–Kier alpha value is -2.64. The first-order valence-electron chi connectivity index (χ1n) is 9.75. The van der Waals surface area contributed by atoms with E-state index in [9.17, 15) is 4.79 Å². The van der Waals surface area contributed by atoms with Crippen LogP contribution in [0.5, 0.6) is 0 Å². The number of benzene rings is 2. The number of aryl methyl sites for hydroxylation is 1. The number of hydrogen-bond donors (Lipinski definition) is 0. The molecule has 2 heterocycles. The zero-order valence-electron chi connectivity index (χ0n) is 16.5. The molecular weight excluding hydrogens is 384 g/mol. The third-order valence-corrected chi connectivity index (χ3v) is 5.76. The van der Waals surface area contributed by atoms with Gasteiger partial charge in [-0.2, -0.15) is 0 Å². The average Bonchev–Trinajstić information content (AvgIpc) is 3.22. The summed E-state index contributed by atoms with van der Waals surface area (Å²) in [6.07, 6.45) is 0. The van der Waals surface area contributed by atoms with Crippen LogP contribution >= 0.6 is 11.8 Å². The van der Waals surface area contributed by atoms with Crippen LogP contribution in [0.15, 0.2) is 64.2 Å². The number of carbonyl (C=O) groups is 1. The summed E-state index contributed by atoms with van der Waals surface area (Å²) in [6, 6.07) is 18.2. The zero-order chi connectivity index (χ0) is 20.1. The predicted octanol–water partition coefficient (Wildman–Crippen LogP) is 3.48. The Morgan fingerprint density at radius 3 is 2.59 bits per heavy atom. The molecule has 1 aliphatic heterocycles. The van der Waals surface area contributed by atoms with Crippen LogP contribution < -0.4 is 0 Å². The lowest BCUT2D eigenvalue weighted by Crippen LogP contribution is -2.48. The lowest BCUT2D eigenvalue weighted by atomic mass is 10.1. The number of aromatic nitrogens is 2. The van der Waals surface area contributed by atoms with Crippen LogP contribution in [-0.2, 0) is 11.3 Å². The lowest BCUT2D eigenvalue weighted by Gasteiger charge is -2.34. The summed E-state index contributed by atoms with van der Waals surface area (Å²) >= 11 is 1.30. The minimum absolute atomic E-state index is 0.115. The van der Waals surface area contributed by atoms with Gasteiger partial charge in [0.15, 0.2) is 0 Å². The number of rotatable bonds is 6. The second kappa shape index (κ2) is 9.24.